The van der Waals surface area contributed by atoms with Gasteiger partial charge in [0.25, 0.3) is 0 Å². The molecule has 0 saturated carbocycles. The summed E-state index contributed by atoms with van der Waals surface area (Å²) in [5.74, 6) is 0.826. The number of nitrogens with zero attached hydrogens (tertiary/aromatic N) is 1. The Balaban J connectivity index is 2.43. The number of para-hydroxylation sites is 1. The van der Waals surface area contributed by atoms with Gasteiger partial charge in [0.1, 0.15) is 6.07 Å². The van der Waals surface area contributed by atoms with Crippen LogP contribution in [0.2, 0.25) is 0 Å². The summed E-state index contributed by atoms with van der Waals surface area (Å²) in [7, 11) is -0.931. The molecule has 1 rings (SSSR count). The van der Waals surface area contributed by atoms with Crippen LogP contribution in [0.15, 0.2) is 24.3 Å². The predicted octanol–water partition coefficient (Wildman–Crippen LogP) is 2.44. The first-order valence-corrected chi connectivity index (χ1v) is 7.80. The van der Waals surface area contributed by atoms with Crippen molar-refractivity contribution in [1.29, 1.82) is 5.26 Å². The van der Waals surface area contributed by atoms with Crippen LogP contribution >= 0.6 is 0 Å². The molecule has 0 aliphatic rings. The minimum absolute atomic E-state index is 0.201. The normalized spacial score (nSPS) is 11.6. The van der Waals surface area contributed by atoms with Crippen LogP contribution in [0.5, 0.6) is 0 Å². The van der Waals surface area contributed by atoms with E-state index in [1.165, 1.54) is 0 Å². The van der Waals surface area contributed by atoms with E-state index in [4.69, 9.17) is 5.26 Å². The molecule has 5 heteroatoms. The molecule has 1 atom stereocenters. The van der Waals surface area contributed by atoms with Crippen molar-refractivity contribution in [3.63, 3.8) is 0 Å². The summed E-state index contributed by atoms with van der Waals surface area (Å²) in [5, 5.41) is 11.6. The zero-order valence-corrected chi connectivity index (χ0v) is 11.8. The molecule has 1 aromatic carbocycles. The molecule has 0 spiro atoms. The molecule has 1 aromatic rings. The van der Waals surface area contributed by atoms with E-state index < -0.39 is 10.8 Å². The molecule has 1 unspecified atom stereocenters. The smallest absolute Gasteiger partial charge is 0.225 e. The number of carbonyl (C=O) groups excluding carboxylic acids is 1. The molecular weight excluding hydrogens is 260 g/mol. The zero-order chi connectivity index (χ0) is 14.1. The van der Waals surface area contributed by atoms with Gasteiger partial charge >= 0.3 is 0 Å². The first-order chi connectivity index (χ1) is 9.17. The van der Waals surface area contributed by atoms with Crippen molar-refractivity contribution in [1.82, 2.24) is 0 Å². The second-order valence-electron chi connectivity index (χ2n) is 4.16. The Labute approximate surface area is 116 Å². The summed E-state index contributed by atoms with van der Waals surface area (Å²) in [6, 6.07) is 8.86. The molecule has 0 aromatic heterocycles. The van der Waals surface area contributed by atoms with Gasteiger partial charge in [-0.15, -0.1) is 0 Å². The Morgan fingerprint density at radius 3 is 2.79 bits per heavy atom. The lowest BCUT2D eigenvalue weighted by molar-refractivity contribution is -0.115. The minimum Gasteiger partial charge on any atom is -0.325 e. The lowest BCUT2D eigenvalue weighted by Gasteiger charge is -2.06. The van der Waals surface area contributed by atoms with E-state index in [1.54, 1.807) is 24.3 Å². The Kier molecular flexibility index (Phi) is 6.83. The van der Waals surface area contributed by atoms with Gasteiger partial charge in [-0.05, 0) is 18.6 Å². The highest BCUT2D eigenvalue weighted by Gasteiger charge is 2.08. The first-order valence-electron chi connectivity index (χ1n) is 6.31. The summed E-state index contributed by atoms with van der Waals surface area (Å²) >= 11 is 0. The van der Waals surface area contributed by atoms with Gasteiger partial charge in [-0.1, -0.05) is 25.5 Å². The number of anilines is 1. The summed E-state index contributed by atoms with van der Waals surface area (Å²) in [5.41, 5.74) is 0.942. The van der Waals surface area contributed by atoms with E-state index in [9.17, 15) is 9.00 Å². The van der Waals surface area contributed by atoms with E-state index in [2.05, 4.69) is 5.32 Å². The van der Waals surface area contributed by atoms with Crippen molar-refractivity contribution in [2.45, 2.75) is 26.2 Å². The third-order valence-electron chi connectivity index (χ3n) is 2.60. The fourth-order valence-corrected chi connectivity index (χ4v) is 2.74. The Hall–Kier alpha value is -1.67. The fraction of sp³-hybridized carbons (Fsp3) is 0.429. The quantitative estimate of drug-likeness (QED) is 0.832. The Bertz CT molecular complexity index is 494. The van der Waals surface area contributed by atoms with Gasteiger partial charge in [0.15, 0.2) is 0 Å². The van der Waals surface area contributed by atoms with Crippen LogP contribution < -0.4 is 5.32 Å². The molecule has 1 N–H and O–H groups in total. The number of hydrogen-bond donors (Lipinski definition) is 1. The van der Waals surface area contributed by atoms with E-state index in [-0.39, 0.29) is 12.3 Å². The van der Waals surface area contributed by atoms with Crippen molar-refractivity contribution in [2.24, 2.45) is 0 Å². The van der Waals surface area contributed by atoms with Crippen LogP contribution in [0.1, 0.15) is 31.7 Å². The second kappa shape index (κ2) is 8.44. The van der Waals surface area contributed by atoms with Crippen LogP contribution in [0.3, 0.4) is 0 Å². The maximum atomic E-state index is 11.7. The van der Waals surface area contributed by atoms with E-state index in [1.807, 2.05) is 13.0 Å². The maximum absolute atomic E-state index is 11.7. The summed E-state index contributed by atoms with van der Waals surface area (Å²) in [4.78, 5) is 11.7. The van der Waals surface area contributed by atoms with Gasteiger partial charge in [-0.25, -0.2) is 0 Å². The molecule has 0 fully saturated rings. The molecule has 0 saturated heterocycles. The molecule has 0 bridgehead atoms. The van der Waals surface area contributed by atoms with Gasteiger partial charge in [-0.2, -0.15) is 5.26 Å². The number of unbranched alkanes of at least 4 members (excludes halogenated alkanes) is 1. The third kappa shape index (κ3) is 5.66. The first kappa shape index (κ1) is 15.4. The fourth-order valence-electron chi connectivity index (χ4n) is 1.52. The highest BCUT2D eigenvalue weighted by Crippen LogP contribution is 2.13. The Morgan fingerprint density at radius 2 is 2.11 bits per heavy atom. The van der Waals surface area contributed by atoms with Gasteiger partial charge in [0.2, 0.25) is 5.91 Å². The number of benzene rings is 1. The van der Waals surface area contributed by atoms with Crippen molar-refractivity contribution in [2.75, 3.05) is 16.8 Å². The van der Waals surface area contributed by atoms with Gasteiger partial charge < -0.3 is 5.32 Å². The summed E-state index contributed by atoms with van der Waals surface area (Å²) < 4.78 is 11.6. The van der Waals surface area contributed by atoms with E-state index >= 15 is 0 Å². The number of nitrogens with one attached hydrogen (secondary N) is 1. The number of carbonyl (C=O) groups is 1. The molecule has 0 aliphatic heterocycles. The van der Waals surface area contributed by atoms with Crippen molar-refractivity contribution in [3.05, 3.63) is 29.8 Å². The highest BCUT2D eigenvalue weighted by atomic mass is 32.2. The molecule has 102 valence electrons. The maximum Gasteiger partial charge on any atom is 0.225 e. The van der Waals surface area contributed by atoms with Crippen LogP contribution in [0, 0.1) is 11.3 Å². The average molecular weight is 278 g/mol. The average Bonchev–Trinajstić information content (AvgIpc) is 2.43. The number of amides is 1. The van der Waals surface area contributed by atoms with Gasteiger partial charge in [0.05, 0.1) is 11.3 Å². The van der Waals surface area contributed by atoms with Gasteiger partial charge in [0, 0.05) is 28.7 Å². The third-order valence-corrected chi connectivity index (χ3v) is 4.01. The molecule has 0 heterocycles. The van der Waals surface area contributed by atoms with Crippen LogP contribution in [-0.2, 0) is 15.6 Å². The number of rotatable bonds is 7. The largest absolute Gasteiger partial charge is 0.325 e. The molecular formula is C14H18N2O2S. The summed E-state index contributed by atoms with van der Waals surface area (Å²) in [6.07, 6.45) is 2.15. The molecule has 1 amide bonds. The van der Waals surface area contributed by atoms with Crippen LogP contribution in [0.25, 0.3) is 0 Å². The van der Waals surface area contributed by atoms with E-state index in [0.717, 1.165) is 12.8 Å². The van der Waals surface area contributed by atoms with Crippen molar-refractivity contribution in [3.8, 4) is 6.07 Å². The monoisotopic (exact) mass is 278 g/mol. The van der Waals surface area contributed by atoms with Gasteiger partial charge in [-0.3, -0.25) is 9.00 Å². The van der Waals surface area contributed by atoms with E-state index in [0.29, 0.717) is 22.8 Å². The standard InChI is InChI=1S/C14H18N2O2S/c1-2-3-9-19(18)10-8-14(17)16-13-7-5-4-6-12(13)11-15/h4-7H,2-3,8-10H2,1H3,(H,16,17). The topological polar surface area (TPSA) is 70.0 Å². The molecule has 4 nitrogen and oxygen atoms in total. The highest BCUT2D eigenvalue weighted by molar-refractivity contribution is 7.84. The predicted molar refractivity (Wildman–Crippen MR) is 77.2 cm³/mol. The lowest BCUT2D eigenvalue weighted by Crippen LogP contribution is -2.16. The summed E-state index contributed by atoms with van der Waals surface area (Å²) in [6.45, 7) is 2.04. The Morgan fingerprint density at radius 1 is 1.37 bits per heavy atom. The van der Waals surface area contributed by atoms with Crippen LogP contribution in [0.4, 0.5) is 5.69 Å². The second-order valence-corrected chi connectivity index (χ2v) is 5.85. The van der Waals surface area contributed by atoms with Crippen LogP contribution in [-0.4, -0.2) is 21.6 Å². The number of nitriles is 1. The zero-order valence-electron chi connectivity index (χ0n) is 11.0. The van der Waals surface area contributed by atoms with Crippen molar-refractivity contribution >= 4 is 22.4 Å². The van der Waals surface area contributed by atoms with Crippen molar-refractivity contribution < 1.29 is 9.00 Å². The SMILES string of the molecule is CCCCS(=O)CCC(=O)Nc1ccccc1C#N. The number of hydrogen-bond acceptors (Lipinski definition) is 3. The minimum atomic E-state index is -0.931. The molecule has 0 aliphatic carbocycles. The molecule has 0 radical (unpaired) electrons. The molecule has 19 heavy (non-hydrogen) atoms. The lowest BCUT2D eigenvalue weighted by atomic mass is 10.2.